The Morgan fingerprint density at radius 3 is 2.08 bits per heavy atom. The molecule has 0 unspecified atom stereocenters. The number of aliphatic hydroxyl groups is 1. The molecule has 132 valence electrons. The van der Waals surface area contributed by atoms with Gasteiger partial charge in [-0.05, 0) is 29.9 Å². The lowest BCUT2D eigenvalue weighted by atomic mass is 9.93. The van der Waals surface area contributed by atoms with E-state index in [0.717, 1.165) is 11.1 Å². The predicted octanol–water partition coefficient (Wildman–Crippen LogP) is 1.98. The van der Waals surface area contributed by atoms with Crippen molar-refractivity contribution in [1.29, 1.82) is 0 Å². The van der Waals surface area contributed by atoms with E-state index in [1.54, 1.807) is 0 Å². The lowest BCUT2D eigenvalue weighted by molar-refractivity contribution is -0.139. The fourth-order valence-corrected chi connectivity index (χ4v) is 2.66. The third-order valence-corrected chi connectivity index (χ3v) is 4.03. The first kappa shape index (κ1) is 18.7. The second-order valence-corrected chi connectivity index (χ2v) is 5.83. The van der Waals surface area contributed by atoms with Crippen molar-refractivity contribution in [3.63, 3.8) is 0 Å². The van der Waals surface area contributed by atoms with Crippen LogP contribution in [0.3, 0.4) is 0 Å². The van der Waals surface area contributed by atoms with Crippen LogP contribution in [-0.2, 0) is 16.1 Å². The second-order valence-electron chi connectivity index (χ2n) is 5.83. The molecule has 2 rings (SSSR count). The Kier molecular flexibility index (Phi) is 7.66. The largest absolute Gasteiger partial charge is 0.396 e. The van der Waals surface area contributed by atoms with Gasteiger partial charge in [0.15, 0.2) is 0 Å². The first-order valence-electron chi connectivity index (χ1n) is 8.46. The smallest absolute Gasteiger partial charge is 0.309 e. The Bertz CT molecular complexity index is 659. The van der Waals surface area contributed by atoms with Gasteiger partial charge in [-0.25, -0.2) is 0 Å². The average molecular weight is 340 g/mol. The van der Waals surface area contributed by atoms with Gasteiger partial charge in [0.25, 0.3) is 0 Å². The van der Waals surface area contributed by atoms with E-state index in [2.05, 4.69) is 10.6 Å². The van der Waals surface area contributed by atoms with Gasteiger partial charge in [0.1, 0.15) is 0 Å². The molecule has 2 amide bonds. The van der Waals surface area contributed by atoms with Crippen LogP contribution in [0.5, 0.6) is 0 Å². The minimum atomic E-state index is -0.637. The van der Waals surface area contributed by atoms with E-state index in [-0.39, 0.29) is 12.5 Å². The highest BCUT2D eigenvalue weighted by Crippen LogP contribution is 2.22. The standard InChI is InChI=1S/C20H24N2O3/c23-14-12-18(17-9-5-2-6-10-17)11-13-21-19(24)20(25)22-15-16-7-3-1-4-8-16/h1-10,18,23H,11-15H2,(H,21,24)(H,22,25)/t18-/m1/s1. The van der Waals surface area contributed by atoms with Crippen molar-refractivity contribution in [2.24, 2.45) is 0 Å². The zero-order valence-electron chi connectivity index (χ0n) is 14.2. The topological polar surface area (TPSA) is 78.4 Å². The van der Waals surface area contributed by atoms with Crippen LogP contribution in [0, 0.1) is 0 Å². The molecule has 25 heavy (non-hydrogen) atoms. The molecular formula is C20H24N2O3. The fraction of sp³-hybridized carbons (Fsp3) is 0.300. The van der Waals surface area contributed by atoms with Crippen LogP contribution in [0.4, 0.5) is 0 Å². The molecular weight excluding hydrogens is 316 g/mol. The number of carbonyl (C=O) groups excluding carboxylic acids is 2. The minimum Gasteiger partial charge on any atom is -0.396 e. The summed E-state index contributed by atoms with van der Waals surface area (Å²) >= 11 is 0. The summed E-state index contributed by atoms with van der Waals surface area (Å²) in [6, 6.07) is 19.3. The van der Waals surface area contributed by atoms with Crippen LogP contribution < -0.4 is 10.6 Å². The number of benzene rings is 2. The zero-order valence-corrected chi connectivity index (χ0v) is 14.2. The summed E-state index contributed by atoms with van der Waals surface area (Å²) in [7, 11) is 0. The number of rotatable bonds is 8. The van der Waals surface area contributed by atoms with E-state index in [9.17, 15) is 14.7 Å². The van der Waals surface area contributed by atoms with E-state index in [1.165, 1.54) is 0 Å². The van der Waals surface area contributed by atoms with Crippen molar-refractivity contribution in [3.05, 3.63) is 71.8 Å². The Morgan fingerprint density at radius 2 is 1.44 bits per heavy atom. The van der Waals surface area contributed by atoms with Crippen LogP contribution in [0.15, 0.2) is 60.7 Å². The van der Waals surface area contributed by atoms with Gasteiger partial charge < -0.3 is 15.7 Å². The van der Waals surface area contributed by atoms with Gasteiger partial charge in [-0.3, -0.25) is 9.59 Å². The van der Waals surface area contributed by atoms with Gasteiger partial charge >= 0.3 is 11.8 Å². The van der Waals surface area contributed by atoms with Crippen molar-refractivity contribution in [1.82, 2.24) is 10.6 Å². The van der Waals surface area contributed by atoms with Crippen LogP contribution in [-0.4, -0.2) is 30.1 Å². The number of amides is 2. The third-order valence-electron chi connectivity index (χ3n) is 4.03. The highest BCUT2D eigenvalue weighted by molar-refractivity contribution is 6.35. The van der Waals surface area contributed by atoms with Crippen molar-refractivity contribution >= 4 is 11.8 Å². The van der Waals surface area contributed by atoms with Gasteiger partial charge in [-0.15, -0.1) is 0 Å². The summed E-state index contributed by atoms with van der Waals surface area (Å²) in [5.74, 6) is -1.12. The molecule has 0 spiro atoms. The first-order chi connectivity index (χ1) is 12.2. The number of aliphatic hydroxyl groups excluding tert-OH is 1. The highest BCUT2D eigenvalue weighted by atomic mass is 16.3. The first-order valence-corrected chi connectivity index (χ1v) is 8.46. The summed E-state index contributed by atoms with van der Waals surface area (Å²) in [5.41, 5.74) is 2.06. The van der Waals surface area contributed by atoms with Gasteiger partial charge in [-0.2, -0.15) is 0 Å². The number of nitrogens with one attached hydrogen (secondary N) is 2. The normalized spacial score (nSPS) is 11.6. The molecule has 0 aliphatic heterocycles. The second kappa shape index (κ2) is 10.3. The van der Waals surface area contributed by atoms with Crippen LogP contribution >= 0.6 is 0 Å². The molecule has 0 fully saturated rings. The molecule has 0 radical (unpaired) electrons. The molecule has 0 bridgehead atoms. The zero-order chi connectivity index (χ0) is 17.9. The molecule has 0 saturated heterocycles. The Hall–Kier alpha value is -2.66. The van der Waals surface area contributed by atoms with E-state index in [0.29, 0.717) is 25.9 Å². The highest BCUT2D eigenvalue weighted by Gasteiger charge is 2.15. The Labute approximate surface area is 148 Å². The SMILES string of the molecule is O=C(NCC[C@H](CCO)c1ccccc1)C(=O)NCc1ccccc1. The molecule has 2 aromatic carbocycles. The van der Waals surface area contributed by atoms with E-state index in [4.69, 9.17) is 0 Å². The van der Waals surface area contributed by atoms with Crippen molar-refractivity contribution in [3.8, 4) is 0 Å². The molecule has 3 N–H and O–H groups in total. The van der Waals surface area contributed by atoms with Gasteiger partial charge in [0.2, 0.25) is 0 Å². The number of hydrogen-bond acceptors (Lipinski definition) is 3. The molecule has 0 saturated carbocycles. The summed E-state index contributed by atoms with van der Waals surface area (Å²) in [6.45, 7) is 0.798. The summed E-state index contributed by atoms with van der Waals surface area (Å²) in [4.78, 5) is 23.7. The number of carbonyl (C=O) groups is 2. The third kappa shape index (κ3) is 6.39. The number of hydrogen-bond donors (Lipinski definition) is 3. The summed E-state index contributed by atoms with van der Waals surface area (Å²) in [5, 5.41) is 14.5. The van der Waals surface area contributed by atoms with Crippen LogP contribution in [0.25, 0.3) is 0 Å². The molecule has 1 atom stereocenters. The Morgan fingerprint density at radius 1 is 0.840 bits per heavy atom. The lowest BCUT2D eigenvalue weighted by Crippen LogP contribution is -2.40. The molecule has 0 aliphatic rings. The monoisotopic (exact) mass is 340 g/mol. The van der Waals surface area contributed by atoms with Gasteiger partial charge in [0, 0.05) is 19.7 Å². The summed E-state index contributed by atoms with van der Waals surface area (Å²) < 4.78 is 0. The molecule has 0 aliphatic carbocycles. The van der Waals surface area contributed by atoms with Crippen molar-refractivity contribution in [2.45, 2.75) is 25.3 Å². The lowest BCUT2D eigenvalue weighted by Gasteiger charge is -2.16. The summed E-state index contributed by atoms with van der Waals surface area (Å²) in [6.07, 6.45) is 1.29. The van der Waals surface area contributed by atoms with E-state index >= 15 is 0 Å². The molecule has 5 nitrogen and oxygen atoms in total. The molecule has 0 aromatic heterocycles. The molecule has 5 heteroatoms. The van der Waals surface area contributed by atoms with Gasteiger partial charge in [-0.1, -0.05) is 60.7 Å². The van der Waals surface area contributed by atoms with Crippen LogP contribution in [0.2, 0.25) is 0 Å². The maximum absolute atomic E-state index is 11.9. The fourth-order valence-electron chi connectivity index (χ4n) is 2.66. The average Bonchev–Trinajstić information content (AvgIpc) is 2.66. The van der Waals surface area contributed by atoms with Crippen molar-refractivity contribution in [2.75, 3.05) is 13.2 Å². The quantitative estimate of drug-likeness (QED) is 0.643. The minimum absolute atomic E-state index is 0.0884. The molecule has 0 heterocycles. The van der Waals surface area contributed by atoms with Crippen LogP contribution in [0.1, 0.15) is 29.9 Å². The molecule has 2 aromatic rings. The maximum Gasteiger partial charge on any atom is 0.309 e. The Balaban J connectivity index is 1.75. The van der Waals surface area contributed by atoms with Gasteiger partial charge in [0.05, 0.1) is 0 Å². The van der Waals surface area contributed by atoms with E-state index in [1.807, 2.05) is 60.7 Å². The maximum atomic E-state index is 11.9. The predicted molar refractivity (Wildman–Crippen MR) is 96.8 cm³/mol. The van der Waals surface area contributed by atoms with E-state index < -0.39 is 11.8 Å². The van der Waals surface area contributed by atoms with Crippen molar-refractivity contribution < 1.29 is 14.7 Å².